The average Bonchev–Trinajstić information content (AvgIpc) is 2.39. The molecule has 1 heterocycles. The second-order valence-corrected chi connectivity index (χ2v) is 2.18. The van der Waals surface area contributed by atoms with E-state index in [0.29, 0.717) is 0 Å². The second-order valence-electron chi connectivity index (χ2n) is 1.74. The molecule has 0 aliphatic rings. The van der Waals surface area contributed by atoms with Gasteiger partial charge in [-0.1, -0.05) is 0 Å². The molecule has 0 aliphatic carbocycles. The van der Waals surface area contributed by atoms with Crippen molar-refractivity contribution in [3.8, 4) is 0 Å². The smallest absolute Gasteiger partial charge is 0.184 e. The van der Waals surface area contributed by atoms with Crippen molar-refractivity contribution in [2.75, 3.05) is 0 Å². The Hall–Kier alpha value is -1.47. The highest BCUT2D eigenvalue weighted by Crippen LogP contribution is 1.82. The molecule has 0 spiro atoms. The Morgan fingerprint density at radius 3 is 3.08 bits per heavy atom. The molecule has 12 heavy (non-hydrogen) atoms. The molecule has 66 valence electrons. The highest BCUT2D eigenvalue weighted by molar-refractivity contribution is 7.80. The number of hydrogen-bond acceptors (Lipinski definition) is 3. The fraction of sp³-hybridized carbons (Fsp3) is 0. The van der Waals surface area contributed by atoms with Gasteiger partial charge in [0, 0.05) is 0 Å². The van der Waals surface area contributed by atoms with Gasteiger partial charge in [-0.05, 0) is 12.2 Å². The highest BCUT2D eigenvalue weighted by Gasteiger charge is 1.85. The number of thiocarbonyl (C=S) groups is 1. The monoisotopic (exact) mass is 187 g/mol. The molecule has 7 heteroatoms. The van der Waals surface area contributed by atoms with E-state index in [1.807, 2.05) is 0 Å². The van der Waals surface area contributed by atoms with Crippen molar-refractivity contribution in [1.29, 1.82) is 0 Å². The Morgan fingerprint density at radius 2 is 2.58 bits per heavy atom. The molecular formula is C5H9N5OS. The summed E-state index contributed by atoms with van der Waals surface area (Å²) >= 11 is 4.52. The Bertz CT molecular complexity index is 257. The van der Waals surface area contributed by atoms with E-state index in [4.69, 9.17) is 5.73 Å². The fourth-order valence-electron chi connectivity index (χ4n) is 0.503. The van der Waals surface area contributed by atoms with Gasteiger partial charge >= 0.3 is 0 Å². The lowest BCUT2D eigenvalue weighted by molar-refractivity contribution is 0.824. The van der Waals surface area contributed by atoms with Gasteiger partial charge in [0.1, 0.15) is 0 Å². The zero-order valence-corrected chi connectivity index (χ0v) is 6.93. The van der Waals surface area contributed by atoms with Crippen LogP contribution < -0.4 is 11.2 Å². The SMILES string of the molecule is NC(=S)N/N=C/c1cnc[nH]1.O. The van der Waals surface area contributed by atoms with Gasteiger partial charge in [-0.2, -0.15) is 5.10 Å². The minimum Gasteiger partial charge on any atom is -0.412 e. The third kappa shape index (κ3) is 3.64. The Labute approximate surface area is 74.2 Å². The third-order valence-corrected chi connectivity index (χ3v) is 0.989. The number of rotatable bonds is 2. The molecule has 0 aliphatic heterocycles. The van der Waals surface area contributed by atoms with Gasteiger partial charge < -0.3 is 16.2 Å². The molecule has 0 saturated carbocycles. The lowest BCUT2D eigenvalue weighted by atomic mass is 10.5. The molecule has 0 radical (unpaired) electrons. The van der Waals surface area contributed by atoms with E-state index >= 15 is 0 Å². The van der Waals surface area contributed by atoms with Crippen LogP contribution >= 0.6 is 12.2 Å². The van der Waals surface area contributed by atoms with Crippen LogP contribution in [0.4, 0.5) is 0 Å². The maximum Gasteiger partial charge on any atom is 0.184 e. The summed E-state index contributed by atoms with van der Waals surface area (Å²) in [4.78, 5) is 6.61. The summed E-state index contributed by atoms with van der Waals surface area (Å²) in [5, 5.41) is 3.84. The zero-order valence-electron chi connectivity index (χ0n) is 6.11. The van der Waals surface area contributed by atoms with Crippen LogP contribution in [0.15, 0.2) is 17.6 Å². The van der Waals surface area contributed by atoms with E-state index < -0.39 is 0 Å². The molecule has 1 aromatic heterocycles. The van der Waals surface area contributed by atoms with E-state index in [2.05, 4.69) is 32.7 Å². The normalized spacial score (nSPS) is 9.33. The first-order chi connectivity index (χ1) is 5.29. The Balaban J connectivity index is 0.00000121. The molecule has 1 aromatic rings. The van der Waals surface area contributed by atoms with E-state index in [1.165, 1.54) is 6.21 Å². The van der Waals surface area contributed by atoms with Crippen LogP contribution in [0.3, 0.4) is 0 Å². The molecule has 0 amide bonds. The Kier molecular flexibility index (Phi) is 4.58. The van der Waals surface area contributed by atoms with Crippen LogP contribution in [0.2, 0.25) is 0 Å². The van der Waals surface area contributed by atoms with Gasteiger partial charge in [0.2, 0.25) is 0 Å². The number of hydrazone groups is 1. The maximum absolute atomic E-state index is 5.11. The number of hydrogen-bond donors (Lipinski definition) is 3. The summed E-state index contributed by atoms with van der Waals surface area (Å²) in [6.07, 6.45) is 4.72. The largest absolute Gasteiger partial charge is 0.412 e. The predicted octanol–water partition coefficient (Wildman–Crippen LogP) is -1.25. The molecule has 0 saturated heterocycles. The molecule has 0 fully saturated rings. The standard InChI is InChI=1S/C5H7N5S.H2O/c6-5(11)10-9-2-4-1-7-3-8-4;/h1-3H,(H,7,8)(H3,6,10,11);1H2/b9-2+;. The van der Waals surface area contributed by atoms with Crippen molar-refractivity contribution >= 4 is 23.5 Å². The predicted molar refractivity (Wildman–Crippen MR) is 49.7 cm³/mol. The fourth-order valence-corrected chi connectivity index (χ4v) is 0.555. The lowest BCUT2D eigenvalue weighted by Gasteiger charge is -1.91. The molecule has 1 rings (SSSR count). The van der Waals surface area contributed by atoms with Gasteiger partial charge in [0.05, 0.1) is 24.4 Å². The van der Waals surface area contributed by atoms with Crippen molar-refractivity contribution in [3.05, 3.63) is 18.2 Å². The molecule has 6 N–H and O–H groups in total. The van der Waals surface area contributed by atoms with Crippen molar-refractivity contribution in [1.82, 2.24) is 15.4 Å². The topological polar surface area (TPSA) is 111 Å². The van der Waals surface area contributed by atoms with Crippen LogP contribution in [-0.2, 0) is 0 Å². The van der Waals surface area contributed by atoms with Crippen molar-refractivity contribution in [2.45, 2.75) is 0 Å². The van der Waals surface area contributed by atoms with Crippen LogP contribution in [0.25, 0.3) is 0 Å². The third-order valence-electron chi connectivity index (χ3n) is 0.898. The van der Waals surface area contributed by atoms with Crippen molar-refractivity contribution < 1.29 is 5.48 Å². The van der Waals surface area contributed by atoms with Gasteiger partial charge in [-0.3, -0.25) is 5.43 Å². The number of nitrogens with two attached hydrogens (primary N) is 1. The highest BCUT2D eigenvalue weighted by atomic mass is 32.1. The van der Waals surface area contributed by atoms with Crippen molar-refractivity contribution in [3.63, 3.8) is 0 Å². The summed E-state index contributed by atoms with van der Waals surface area (Å²) < 4.78 is 0. The van der Waals surface area contributed by atoms with Crippen LogP contribution in [0, 0.1) is 0 Å². The molecule has 6 nitrogen and oxygen atoms in total. The number of nitrogens with zero attached hydrogens (tertiary/aromatic N) is 2. The van der Waals surface area contributed by atoms with E-state index in [0.717, 1.165) is 5.69 Å². The van der Waals surface area contributed by atoms with E-state index in [9.17, 15) is 0 Å². The number of aromatic nitrogens is 2. The van der Waals surface area contributed by atoms with E-state index in [1.54, 1.807) is 12.5 Å². The maximum atomic E-state index is 5.11. The minimum absolute atomic E-state index is 0. The first-order valence-corrected chi connectivity index (χ1v) is 3.27. The van der Waals surface area contributed by atoms with Gasteiger partial charge in [0.15, 0.2) is 5.11 Å². The molecule has 0 aromatic carbocycles. The second kappa shape index (κ2) is 5.22. The summed E-state index contributed by atoms with van der Waals surface area (Å²) in [5.41, 5.74) is 8.31. The first-order valence-electron chi connectivity index (χ1n) is 2.86. The molecular weight excluding hydrogens is 178 g/mol. The van der Waals surface area contributed by atoms with Crippen LogP contribution in [0.5, 0.6) is 0 Å². The van der Waals surface area contributed by atoms with Gasteiger partial charge in [-0.15, -0.1) is 0 Å². The number of nitrogens with one attached hydrogen (secondary N) is 2. The summed E-state index contributed by atoms with van der Waals surface area (Å²) in [6.45, 7) is 0. The summed E-state index contributed by atoms with van der Waals surface area (Å²) in [5.74, 6) is 0. The molecule has 0 atom stereocenters. The van der Waals surface area contributed by atoms with Crippen LogP contribution in [-0.4, -0.2) is 26.8 Å². The van der Waals surface area contributed by atoms with Gasteiger partial charge in [0.25, 0.3) is 0 Å². The van der Waals surface area contributed by atoms with E-state index in [-0.39, 0.29) is 10.6 Å². The number of imidazole rings is 1. The van der Waals surface area contributed by atoms with Crippen molar-refractivity contribution in [2.24, 2.45) is 10.8 Å². The first kappa shape index (κ1) is 10.5. The summed E-state index contributed by atoms with van der Waals surface area (Å²) in [7, 11) is 0. The summed E-state index contributed by atoms with van der Waals surface area (Å²) in [6, 6.07) is 0. The average molecular weight is 187 g/mol. The number of aromatic amines is 1. The zero-order chi connectivity index (χ0) is 8.10. The quantitative estimate of drug-likeness (QED) is 0.305. The van der Waals surface area contributed by atoms with Gasteiger partial charge in [-0.25, -0.2) is 4.98 Å². The minimum atomic E-state index is 0. The van der Waals surface area contributed by atoms with Crippen LogP contribution in [0.1, 0.15) is 5.69 Å². The molecule has 0 unspecified atom stereocenters. The molecule has 0 bridgehead atoms. The number of H-pyrrole nitrogens is 1. The Morgan fingerprint density at radius 1 is 1.83 bits per heavy atom. The lowest BCUT2D eigenvalue weighted by Crippen LogP contribution is -2.23.